The van der Waals surface area contributed by atoms with Crippen LogP contribution in [0.2, 0.25) is 0 Å². The summed E-state index contributed by atoms with van der Waals surface area (Å²) in [6, 6.07) is 12.5. The first-order valence-corrected chi connectivity index (χ1v) is 10.2. The molecule has 1 amide bonds. The third kappa shape index (κ3) is 4.03. The average molecular weight is 420 g/mol. The maximum atomic E-state index is 13.1. The van der Waals surface area contributed by atoms with E-state index in [-0.39, 0.29) is 0 Å². The van der Waals surface area contributed by atoms with Crippen LogP contribution in [0.15, 0.2) is 42.5 Å². The molecule has 0 aliphatic heterocycles. The van der Waals surface area contributed by atoms with Gasteiger partial charge in [0.1, 0.15) is 0 Å². The molecule has 0 bridgehead atoms. The molecule has 0 saturated heterocycles. The van der Waals surface area contributed by atoms with Gasteiger partial charge < -0.3 is 19.5 Å². The lowest BCUT2D eigenvalue weighted by Gasteiger charge is -2.17. The average Bonchev–Trinajstić information content (AvgIpc) is 3.24. The lowest BCUT2D eigenvalue weighted by molar-refractivity contribution is -0.123. The number of anilines is 1. The number of pyridine rings is 1. The molecule has 1 aliphatic rings. The second-order valence-corrected chi connectivity index (χ2v) is 7.39. The van der Waals surface area contributed by atoms with Gasteiger partial charge in [-0.25, -0.2) is 4.79 Å². The van der Waals surface area contributed by atoms with Gasteiger partial charge in [-0.2, -0.15) is 0 Å². The van der Waals surface area contributed by atoms with E-state index in [0.29, 0.717) is 22.7 Å². The van der Waals surface area contributed by atoms with Gasteiger partial charge in [-0.05, 0) is 49.9 Å². The Balaban J connectivity index is 1.54. The van der Waals surface area contributed by atoms with Crippen LogP contribution in [0.5, 0.6) is 11.5 Å². The predicted molar refractivity (Wildman–Crippen MR) is 117 cm³/mol. The summed E-state index contributed by atoms with van der Waals surface area (Å²) in [6.45, 7) is 1.55. The van der Waals surface area contributed by atoms with Gasteiger partial charge in [0.25, 0.3) is 5.91 Å². The number of fused-ring (bicyclic) bond motifs is 2. The minimum atomic E-state index is -0.982. The van der Waals surface area contributed by atoms with Crippen molar-refractivity contribution in [3.05, 3.63) is 59.3 Å². The number of aryl methyl sites for hydroxylation is 1. The molecule has 7 heteroatoms. The van der Waals surface area contributed by atoms with E-state index in [1.807, 2.05) is 24.3 Å². The third-order valence-electron chi connectivity index (χ3n) is 5.43. The summed E-state index contributed by atoms with van der Waals surface area (Å²) in [7, 11) is 3.06. The topological polar surface area (TPSA) is 86.8 Å². The van der Waals surface area contributed by atoms with Crippen molar-refractivity contribution in [2.24, 2.45) is 0 Å². The smallest absolute Gasteiger partial charge is 0.339 e. The molecule has 160 valence electrons. The van der Waals surface area contributed by atoms with Gasteiger partial charge in [0.05, 0.1) is 25.3 Å². The Labute approximate surface area is 180 Å². The highest BCUT2D eigenvalue weighted by molar-refractivity contribution is 6.06. The van der Waals surface area contributed by atoms with E-state index in [1.165, 1.54) is 14.2 Å². The summed E-state index contributed by atoms with van der Waals surface area (Å²) in [4.78, 5) is 30.5. The number of rotatable bonds is 6. The summed E-state index contributed by atoms with van der Waals surface area (Å²) in [5.74, 6) is 0.101. The second-order valence-electron chi connectivity index (χ2n) is 7.39. The van der Waals surface area contributed by atoms with Crippen molar-refractivity contribution < 1.29 is 23.8 Å². The lowest BCUT2D eigenvalue weighted by Crippen LogP contribution is -2.30. The molecule has 1 aromatic heterocycles. The predicted octanol–water partition coefficient (Wildman–Crippen LogP) is 3.92. The molecule has 0 fully saturated rings. The molecule has 1 N–H and O–H groups in total. The highest BCUT2D eigenvalue weighted by Gasteiger charge is 2.27. The number of nitrogens with one attached hydrogen (secondary N) is 1. The molecule has 1 aliphatic carbocycles. The fraction of sp³-hybridized carbons (Fsp3) is 0.292. The zero-order valence-corrected chi connectivity index (χ0v) is 17.7. The Morgan fingerprint density at radius 1 is 1.03 bits per heavy atom. The summed E-state index contributed by atoms with van der Waals surface area (Å²) in [6.07, 6.45) is 1.60. The van der Waals surface area contributed by atoms with E-state index in [2.05, 4.69) is 5.32 Å². The number of ether oxygens (including phenoxy) is 3. The van der Waals surface area contributed by atoms with Gasteiger partial charge in [-0.15, -0.1) is 0 Å². The molecule has 0 radical (unpaired) electrons. The van der Waals surface area contributed by atoms with Crippen LogP contribution in [-0.2, 0) is 22.4 Å². The highest BCUT2D eigenvalue weighted by Crippen LogP contribution is 2.31. The highest BCUT2D eigenvalue weighted by atomic mass is 16.5. The van der Waals surface area contributed by atoms with E-state index >= 15 is 0 Å². The Kier molecular flexibility index (Phi) is 5.75. The number of benzene rings is 2. The Hall–Kier alpha value is -3.61. The van der Waals surface area contributed by atoms with E-state index in [4.69, 9.17) is 19.2 Å². The number of hydrogen-bond donors (Lipinski definition) is 1. The van der Waals surface area contributed by atoms with Gasteiger partial charge in [0.2, 0.25) is 0 Å². The largest absolute Gasteiger partial charge is 0.493 e. The van der Waals surface area contributed by atoms with Crippen LogP contribution in [0.4, 0.5) is 5.69 Å². The van der Waals surface area contributed by atoms with Gasteiger partial charge in [-0.1, -0.05) is 18.2 Å². The van der Waals surface area contributed by atoms with E-state index in [1.54, 1.807) is 25.1 Å². The van der Waals surface area contributed by atoms with E-state index in [9.17, 15) is 9.59 Å². The number of hydrogen-bond acceptors (Lipinski definition) is 6. The first-order chi connectivity index (χ1) is 15.0. The zero-order chi connectivity index (χ0) is 22.0. The van der Waals surface area contributed by atoms with Gasteiger partial charge in [0.15, 0.2) is 17.6 Å². The summed E-state index contributed by atoms with van der Waals surface area (Å²) < 4.78 is 16.0. The molecule has 4 rings (SSSR count). The molecule has 0 unspecified atom stereocenters. The third-order valence-corrected chi connectivity index (χ3v) is 5.43. The van der Waals surface area contributed by atoms with Crippen molar-refractivity contribution in [3.8, 4) is 11.5 Å². The molecule has 31 heavy (non-hydrogen) atoms. The zero-order valence-electron chi connectivity index (χ0n) is 17.7. The Morgan fingerprint density at radius 3 is 2.58 bits per heavy atom. The van der Waals surface area contributed by atoms with Crippen LogP contribution in [0.1, 0.15) is 35.0 Å². The monoisotopic (exact) mass is 420 g/mol. The number of aromatic nitrogens is 1. The van der Waals surface area contributed by atoms with Crippen LogP contribution in [0, 0.1) is 0 Å². The quantitative estimate of drug-likeness (QED) is 0.608. The van der Waals surface area contributed by atoms with E-state index in [0.717, 1.165) is 41.4 Å². The summed E-state index contributed by atoms with van der Waals surface area (Å²) in [5.41, 5.74) is 3.66. The normalized spacial score (nSPS) is 13.4. The second kappa shape index (κ2) is 8.63. The lowest BCUT2D eigenvalue weighted by atomic mass is 10.0. The van der Waals surface area contributed by atoms with Crippen molar-refractivity contribution in [3.63, 3.8) is 0 Å². The van der Waals surface area contributed by atoms with Gasteiger partial charge in [-0.3, -0.25) is 9.78 Å². The van der Waals surface area contributed by atoms with Crippen LogP contribution in [0.25, 0.3) is 10.9 Å². The number of para-hydroxylation sites is 1. The minimum absolute atomic E-state index is 0.435. The molecular formula is C24H24N2O5. The maximum Gasteiger partial charge on any atom is 0.339 e. The van der Waals surface area contributed by atoms with Crippen LogP contribution in [0.3, 0.4) is 0 Å². The molecule has 1 heterocycles. The van der Waals surface area contributed by atoms with Crippen LogP contribution >= 0.6 is 0 Å². The molecule has 7 nitrogen and oxygen atoms in total. The van der Waals surface area contributed by atoms with Crippen molar-refractivity contribution in [1.82, 2.24) is 4.98 Å². The SMILES string of the molecule is COc1ccc(NC(=O)[C@@H](C)OC(=O)c2c3c(nc4ccccc24)CCC3)cc1OC. The molecule has 2 aromatic carbocycles. The Morgan fingerprint density at radius 2 is 1.81 bits per heavy atom. The molecule has 0 saturated carbocycles. The summed E-state index contributed by atoms with van der Waals surface area (Å²) >= 11 is 0. The van der Waals surface area contributed by atoms with Crippen molar-refractivity contribution >= 4 is 28.5 Å². The van der Waals surface area contributed by atoms with Crippen LogP contribution < -0.4 is 14.8 Å². The van der Waals surface area contributed by atoms with Crippen molar-refractivity contribution in [1.29, 1.82) is 0 Å². The standard InChI is InChI=1S/C24H24N2O5/c1-14(23(27)25-15-11-12-20(29-2)21(13-15)30-3)31-24(28)22-16-7-4-5-9-18(16)26-19-10-6-8-17(19)22/h4-5,7,9,11-14H,6,8,10H2,1-3H3,(H,25,27)/t14-/m1/s1. The molecular weight excluding hydrogens is 396 g/mol. The number of amides is 1. The number of nitrogens with zero attached hydrogens (tertiary/aromatic N) is 1. The fourth-order valence-corrected chi connectivity index (χ4v) is 3.87. The van der Waals surface area contributed by atoms with Crippen molar-refractivity contribution in [2.75, 3.05) is 19.5 Å². The number of esters is 1. The molecule has 1 atom stereocenters. The van der Waals surface area contributed by atoms with Crippen LogP contribution in [-0.4, -0.2) is 37.2 Å². The first kappa shape index (κ1) is 20.7. The Bertz CT molecular complexity index is 1160. The fourth-order valence-electron chi connectivity index (χ4n) is 3.87. The van der Waals surface area contributed by atoms with E-state index < -0.39 is 18.0 Å². The molecule has 3 aromatic rings. The minimum Gasteiger partial charge on any atom is -0.493 e. The number of carbonyl (C=O) groups is 2. The molecule has 0 spiro atoms. The van der Waals surface area contributed by atoms with Gasteiger partial charge in [0, 0.05) is 22.8 Å². The number of carbonyl (C=O) groups excluding carboxylic acids is 2. The maximum absolute atomic E-state index is 13.1. The van der Waals surface area contributed by atoms with Crippen molar-refractivity contribution in [2.45, 2.75) is 32.3 Å². The summed E-state index contributed by atoms with van der Waals surface area (Å²) in [5, 5.41) is 3.50. The number of methoxy groups -OCH3 is 2. The first-order valence-electron chi connectivity index (χ1n) is 10.2. The van der Waals surface area contributed by atoms with Gasteiger partial charge >= 0.3 is 5.97 Å².